The predicted molar refractivity (Wildman–Crippen MR) is 78.6 cm³/mol. The molecule has 0 aromatic carbocycles. The van der Waals surface area contributed by atoms with Crippen molar-refractivity contribution in [1.29, 1.82) is 0 Å². The van der Waals surface area contributed by atoms with E-state index >= 15 is 0 Å². The molecular weight excluding hydrogens is 350 g/mol. The van der Waals surface area contributed by atoms with Crippen LogP contribution in [-0.4, -0.2) is 29.3 Å². The fourth-order valence-electron chi connectivity index (χ4n) is 1.69. The Morgan fingerprint density at radius 2 is 2.21 bits per heavy atom. The smallest absolute Gasteiger partial charge is 0.244 e. The maximum atomic E-state index is 12.5. The molecule has 0 amide bonds. The molecule has 5 nitrogen and oxygen atoms in total. The third-order valence-corrected chi connectivity index (χ3v) is 6.43. The standard InChI is InChI=1S/C11H14BrN3O2S2/c1-8-9(6-10(12)18-8)19(16,17)15(3)7-11-13-4-5-14(11)2/h4-6H,7H2,1-3H3. The van der Waals surface area contributed by atoms with E-state index in [1.807, 2.05) is 11.6 Å². The summed E-state index contributed by atoms with van der Waals surface area (Å²) in [4.78, 5) is 5.27. The maximum Gasteiger partial charge on any atom is 0.244 e. The van der Waals surface area contributed by atoms with Gasteiger partial charge < -0.3 is 4.57 Å². The van der Waals surface area contributed by atoms with Crippen molar-refractivity contribution in [2.45, 2.75) is 18.4 Å². The monoisotopic (exact) mass is 363 g/mol. The molecule has 0 spiro atoms. The summed E-state index contributed by atoms with van der Waals surface area (Å²) in [6.45, 7) is 2.05. The van der Waals surface area contributed by atoms with Crippen LogP contribution in [-0.2, 0) is 23.6 Å². The number of rotatable bonds is 4. The number of hydrogen-bond donors (Lipinski definition) is 0. The van der Waals surface area contributed by atoms with E-state index in [0.717, 1.165) is 8.66 Å². The van der Waals surface area contributed by atoms with Crippen LogP contribution in [0.4, 0.5) is 0 Å². The van der Waals surface area contributed by atoms with Gasteiger partial charge in [-0.3, -0.25) is 0 Å². The molecule has 19 heavy (non-hydrogen) atoms. The SMILES string of the molecule is Cc1sc(Br)cc1S(=O)(=O)N(C)Cc1nccn1C. The first-order valence-electron chi connectivity index (χ1n) is 5.51. The van der Waals surface area contributed by atoms with Crippen LogP contribution in [0, 0.1) is 6.92 Å². The van der Waals surface area contributed by atoms with Crippen molar-refractivity contribution >= 4 is 37.3 Å². The second-order valence-electron chi connectivity index (χ2n) is 4.19. The van der Waals surface area contributed by atoms with Crippen LogP contribution >= 0.6 is 27.3 Å². The number of nitrogens with zero attached hydrogens (tertiary/aromatic N) is 3. The average Bonchev–Trinajstić information content (AvgIpc) is 2.86. The van der Waals surface area contributed by atoms with Gasteiger partial charge in [0.1, 0.15) is 5.82 Å². The number of imidazole rings is 1. The summed E-state index contributed by atoms with van der Waals surface area (Å²) in [5.74, 6) is 0.707. The molecule has 2 aromatic heterocycles. The predicted octanol–water partition coefficient (Wildman–Crippen LogP) is 2.37. The Morgan fingerprint density at radius 3 is 2.68 bits per heavy atom. The average molecular weight is 364 g/mol. The zero-order valence-electron chi connectivity index (χ0n) is 10.8. The number of thiophene rings is 1. The molecule has 0 bridgehead atoms. The largest absolute Gasteiger partial charge is 0.337 e. The number of halogens is 1. The Hall–Kier alpha value is -0.700. The van der Waals surface area contributed by atoms with Crippen LogP contribution in [0.1, 0.15) is 10.7 Å². The van der Waals surface area contributed by atoms with E-state index in [4.69, 9.17) is 0 Å². The molecule has 0 radical (unpaired) electrons. The molecule has 2 heterocycles. The van der Waals surface area contributed by atoms with Crippen LogP contribution < -0.4 is 0 Å². The van der Waals surface area contributed by atoms with Gasteiger partial charge in [0.15, 0.2) is 0 Å². The molecule has 0 N–H and O–H groups in total. The van der Waals surface area contributed by atoms with E-state index in [2.05, 4.69) is 20.9 Å². The van der Waals surface area contributed by atoms with Gasteiger partial charge in [-0.05, 0) is 28.9 Å². The van der Waals surface area contributed by atoms with Crippen LogP contribution in [0.15, 0.2) is 27.1 Å². The van der Waals surface area contributed by atoms with Gasteiger partial charge in [0.2, 0.25) is 10.0 Å². The summed E-state index contributed by atoms with van der Waals surface area (Å²) in [6.07, 6.45) is 3.45. The second-order valence-corrected chi connectivity index (χ2v) is 8.84. The fourth-order valence-corrected chi connectivity index (χ4v) is 5.19. The quantitative estimate of drug-likeness (QED) is 0.837. The van der Waals surface area contributed by atoms with Crippen molar-refractivity contribution in [1.82, 2.24) is 13.9 Å². The molecule has 0 aliphatic heterocycles. The molecule has 104 valence electrons. The highest BCUT2D eigenvalue weighted by atomic mass is 79.9. The minimum absolute atomic E-state index is 0.249. The van der Waals surface area contributed by atoms with Gasteiger partial charge >= 0.3 is 0 Å². The molecule has 0 unspecified atom stereocenters. The molecule has 2 aromatic rings. The van der Waals surface area contributed by atoms with Crippen LogP contribution in [0.5, 0.6) is 0 Å². The first-order valence-corrected chi connectivity index (χ1v) is 8.56. The third kappa shape index (κ3) is 2.91. The van der Waals surface area contributed by atoms with Crippen molar-refractivity contribution in [2.75, 3.05) is 7.05 Å². The highest BCUT2D eigenvalue weighted by Crippen LogP contribution is 2.31. The van der Waals surface area contributed by atoms with Gasteiger partial charge in [-0.25, -0.2) is 13.4 Å². The Bertz CT molecular complexity index is 691. The number of aromatic nitrogens is 2. The lowest BCUT2D eigenvalue weighted by Crippen LogP contribution is -2.27. The van der Waals surface area contributed by atoms with Crippen LogP contribution in [0.2, 0.25) is 0 Å². The van der Waals surface area contributed by atoms with E-state index in [1.165, 1.54) is 15.6 Å². The normalized spacial score (nSPS) is 12.3. The van der Waals surface area contributed by atoms with Crippen molar-refractivity contribution in [2.24, 2.45) is 7.05 Å². The first kappa shape index (κ1) is 14.7. The summed E-state index contributed by atoms with van der Waals surface area (Å²) >= 11 is 4.73. The molecule has 2 rings (SSSR count). The van der Waals surface area contributed by atoms with Crippen molar-refractivity contribution in [3.05, 3.63) is 32.9 Å². The Balaban J connectivity index is 2.30. The highest BCUT2D eigenvalue weighted by molar-refractivity contribution is 9.11. The Kier molecular flexibility index (Phi) is 4.14. The van der Waals surface area contributed by atoms with Crippen molar-refractivity contribution in [3.8, 4) is 0 Å². The second kappa shape index (κ2) is 5.35. The lowest BCUT2D eigenvalue weighted by Gasteiger charge is -2.16. The first-order chi connectivity index (χ1) is 8.82. The van der Waals surface area contributed by atoms with Gasteiger partial charge in [0.25, 0.3) is 0 Å². The minimum atomic E-state index is -3.48. The molecule has 0 aliphatic rings. The molecule has 0 saturated heterocycles. The maximum absolute atomic E-state index is 12.5. The van der Waals surface area contributed by atoms with Gasteiger partial charge in [-0.15, -0.1) is 11.3 Å². The van der Waals surface area contributed by atoms with Crippen LogP contribution in [0.25, 0.3) is 0 Å². The fraction of sp³-hybridized carbons (Fsp3) is 0.364. The van der Waals surface area contributed by atoms with E-state index in [-0.39, 0.29) is 6.54 Å². The van der Waals surface area contributed by atoms with Gasteiger partial charge in [0.05, 0.1) is 15.2 Å². The summed E-state index contributed by atoms with van der Waals surface area (Å²) in [5.41, 5.74) is 0. The Labute approximate surface area is 125 Å². The molecule has 8 heteroatoms. The van der Waals surface area contributed by atoms with Crippen molar-refractivity contribution < 1.29 is 8.42 Å². The number of sulfonamides is 1. The lowest BCUT2D eigenvalue weighted by molar-refractivity contribution is 0.451. The number of hydrogen-bond acceptors (Lipinski definition) is 4. The van der Waals surface area contributed by atoms with Gasteiger partial charge in [-0.2, -0.15) is 4.31 Å². The van der Waals surface area contributed by atoms with E-state index in [0.29, 0.717) is 10.7 Å². The number of aryl methyl sites for hydroxylation is 2. The molecular formula is C11H14BrN3O2S2. The molecule has 0 atom stereocenters. The van der Waals surface area contributed by atoms with E-state index in [1.54, 1.807) is 32.4 Å². The Morgan fingerprint density at radius 1 is 1.53 bits per heavy atom. The zero-order chi connectivity index (χ0) is 14.2. The summed E-state index contributed by atoms with van der Waals surface area (Å²) in [5, 5.41) is 0. The molecule has 0 fully saturated rings. The van der Waals surface area contributed by atoms with Crippen molar-refractivity contribution in [3.63, 3.8) is 0 Å². The third-order valence-electron chi connectivity index (χ3n) is 2.82. The van der Waals surface area contributed by atoms with E-state index in [9.17, 15) is 8.42 Å². The molecule has 0 aliphatic carbocycles. The van der Waals surface area contributed by atoms with Gasteiger partial charge in [0, 0.05) is 31.4 Å². The zero-order valence-corrected chi connectivity index (χ0v) is 14.0. The lowest BCUT2D eigenvalue weighted by atomic mass is 10.5. The topological polar surface area (TPSA) is 55.2 Å². The van der Waals surface area contributed by atoms with Crippen LogP contribution in [0.3, 0.4) is 0 Å². The highest BCUT2D eigenvalue weighted by Gasteiger charge is 2.25. The molecule has 0 saturated carbocycles. The minimum Gasteiger partial charge on any atom is -0.337 e. The van der Waals surface area contributed by atoms with E-state index < -0.39 is 10.0 Å². The summed E-state index contributed by atoms with van der Waals surface area (Å²) < 4.78 is 28.9. The summed E-state index contributed by atoms with van der Waals surface area (Å²) in [7, 11) is -0.0743. The summed E-state index contributed by atoms with van der Waals surface area (Å²) in [6, 6.07) is 1.64. The van der Waals surface area contributed by atoms with Gasteiger partial charge in [-0.1, -0.05) is 0 Å².